The SMILES string of the molecule is CC1(C)OB(c2ccc3c(c2)CCN3C(=O)Nc2cccc(CC(F)(F)F)c2)OC1(C)C. The second-order valence-corrected chi connectivity index (χ2v) is 9.30. The number of hydrogen-bond acceptors (Lipinski definition) is 3. The molecule has 2 aliphatic heterocycles. The summed E-state index contributed by atoms with van der Waals surface area (Å²) in [6.07, 6.45) is -4.67. The summed E-state index contributed by atoms with van der Waals surface area (Å²) in [5, 5.41) is 2.71. The molecule has 2 amide bonds. The van der Waals surface area contributed by atoms with E-state index in [1.165, 1.54) is 18.2 Å². The molecule has 2 aliphatic rings. The minimum Gasteiger partial charge on any atom is -0.399 e. The maximum absolute atomic E-state index is 12.8. The van der Waals surface area contributed by atoms with Crippen LogP contribution in [-0.4, -0.2) is 37.1 Å². The number of carbonyl (C=O) groups is 1. The molecule has 1 N–H and O–H groups in total. The normalized spacial score (nSPS) is 19.2. The fraction of sp³-hybridized carbons (Fsp3) is 0.435. The summed E-state index contributed by atoms with van der Waals surface area (Å²) in [4.78, 5) is 14.4. The van der Waals surface area contributed by atoms with Gasteiger partial charge in [0.15, 0.2) is 0 Å². The van der Waals surface area contributed by atoms with Gasteiger partial charge in [-0.15, -0.1) is 0 Å². The second kappa shape index (κ2) is 7.81. The first-order valence-corrected chi connectivity index (χ1v) is 10.6. The molecular weight excluding hydrogens is 420 g/mol. The van der Waals surface area contributed by atoms with Crippen LogP contribution in [0.1, 0.15) is 38.8 Å². The van der Waals surface area contributed by atoms with Crippen molar-refractivity contribution in [3.63, 3.8) is 0 Å². The Kier molecular flexibility index (Phi) is 5.53. The summed E-state index contributed by atoms with van der Waals surface area (Å²) < 4.78 is 50.2. The number of nitrogens with one attached hydrogen (secondary N) is 1. The molecule has 2 heterocycles. The predicted molar refractivity (Wildman–Crippen MR) is 118 cm³/mol. The van der Waals surface area contributed by atoms with E-state index in [0.717, 1.165) is 16.7 Å². The number of hydrogen-bond donors (Lipinski definition) is 1. The third-order valence-electron chi connectivity index (χ3n) is 6.35. The van der Waals surface area contributed by atoms with Gasteiger partial charge in [-0.25, -0.2) is 4.79 Å². The van der Waals surface area contributed by atoms with E-state index in [9.17, 15) is 18.0 Å². The van der Waals surface area contributed by atoms with Crippen molar-refractivity contribution in [3.8, 4) is 0 Å². The molecule has 2 aromatic carbocycles. The Labute approximate surface area is 186 Å². The second-order valence-electron chi connectivity index (χ2n) is 9.30. The largest absolute Gasteiger partial charge is 0.494 e. The highest BCUT2D eigenvalue weighted by atomic mass is 19.4. The first kappa shape index (κ1) is 22.7. The maximum Gasteiger partial charge on any atom is 0.494 e. The van der Waals surface area contributed by atoms with E-state index in [1.54, 1.807) is 11.0 Å². The average Bonchev–Trinajstić information content (AvgIpc) is 3.18. The van der Waals surface area contributed by atoms with E-state index in [0.29, 0.717) is 18.7 Å². The number of fused-ring (bicyclic) bond motifs is 1. The van der Waals surface area contributed by atoms with E-state index in [-0.39, 0.29) is 11.6 Å². The van der Waals surface area contributed by atoms with Gasteiger partial charge in [0, 0.05) is 17.9 Å². The van der Waals surface area contributed by atoms with Crippen LogP contribution in [-0.2, 0) is 22.2 Å². The molecule has 1 saturated heterocycles. The lowest BCUT2D eigenvalue weighted by Gasteiger charge is -2.32. The van der Waals surface area contributed by atoms with Gasteiger partial charge in [0.05, 0.1) is 17.6 Å². The first-order chi connectivity index (χ1) is 14.8. The number of nitrogens with zero attached hydrogens (tertiary/aromatic N) is 1. The Morgan fingerprint density at radius 1 is 1.09 bits per heavy atom. The molecule has 0 spiro atoms. The van der Waals surface area contributed by atoms with Gasteiger partial charge < -0.3 is 14.6 Å². The van der Waals surface area contributed by atoms with Crippen LogP contribution in [0.15, 0.2) is 42.5 Å². The quantitative estimate of drug-likeness (QED) is 0.697. The van der Waals surface area contributed by atoms with E-state index in [2.05, 4.69) is 5.32 Å². The van der Waals surface area contributed by atoms with Gasteiger partial charge in [0.25, 0.3) is 0 Å². The Hall–Kier alpha value is -2.52. The van der Waals surface area contributed by atoms with Crippen LogP contribution in [0.2, 0.25) is 0 Å². The van der Waals surface area contributed by atoms with Crippen molar-refractivity contribution >= 4 is 30.0 Å². The van der Waals surface area contributed by atoms with Gasteiger partial charge in [0.1, 0.15) is 0 Å². The zero-order valence-electron chi connectivity index (χ0n) is 18.5. The molecule has 0 aromatic heterocycles. The van der Waals surface area contributed by atoms with Crippen molar-refractivity contribution in [3.05, 3.63) is 53.6 Å². The molecule has 0 bridgehead atoms. The zero-order chi connectivity index (χ0) is 23.3. The fourth-order valence-corrected chi connectivity index (χ4v) is 3.94. The maximum atomic E-state index is 12.8. The summed E-state index contributed by atoms with van der Waals surface area (Å²) in [5.41, 5.74) is 2.21. The van der Waals surface area contributed by atoms with E-state index in [4.69, 9.17) is 9.31 Å². The lowest BCUT2D eigenvalue weighted by Crippen LogP contribution is -2.41. The third-order valence-corrected chi connectivity index (χ3v) is 6.35. The van der Waals surface area contributed by atoms with Crippen molar-refractivity contribution in [2.24, 2.45) is 0 Å². The van der Waals surface area contributed by atoms with Crippen LogP contribution in [0.4, 0.5) is 29.3 Å². The molecule has 5 nitrogen and oxygen atoms in total. The Morgan fingerprint density at radius 3 is 2.44 bits per heavy atom. The van der Waals surface area contributed by atoms with Crippen molar-refractivity contribution in [2.45, 2.75) is 57.9 Å². The highest BCUT2D eigenvalue weighted by Crippen LogP contribution is 2.37. The van der Waals surface area contributed by atoms with Crippen molar-refractivity contribution in [1.29, 1.82) is 0 Å². The number of halogens is 3. The van der Waals surface area contributed by atoms with Crippen LogP contribution in [0.3, 0.4) is 0 Å². The Morgan fingerprint density at radius 2 is 1.78 bits per heavy atom. The summed E-state index contributed by atoms with van der Waals surface area (Å²) in [6, 6.07) is 11.2. The summed E-state index contributed by atoms with van der Waals surface area (Å²) >= 11 is 0. The Balaban J connectivity index is 1.47. The van der Waals surface area contributed by atoms with Gasteiger partial charge >= 0.3 is 19.3 Å². The highest BCUT2D eigenvalue weighted by molar-refractivity contribution is 6.62. The third kappa shape index (κ3) is 4.50. The molecule has 0 saturated carbocycles. The standard InChI is InChI=1S/C23H26BF3N2O3/c1-21(2)22(3,4)32-24(31-21)17-8-9-19-16(13-17)10-11-29(19)20(30)28-18-7-5-6-15(12-18)14-23(25,26)27/h5-9,12-13H,10-11,14H2,1-4H3,(H,28,30). The highest BCUT2D eigenvalue weighted by Gasteiger charge is 2.51. The number of anilines is 2. The average molecular weight is 446 g/mol. The molecule has 0 unspecified atom stereocenters. The minimum atomic E-state index is -4.30. The number of urea groups is 1. The van der Waals surface area contributed by atoms with E-state index in [1.807, 2.05) is 45.9 Å². The topological polar surface area (TPSA) is 50.8 Å². The number of benzene rings is 2. The van der Waals surface area contributed by atoms with E-state index < -0.39 is 30.9 Å². The van der Waals surface area contributed by atoms with Gasteiger partial charge in [-0.05, 0) is 68.9 Å². The number of amides is 2. The number of rotatable bonds is 3. The van der Waals surface area contributed by atoms with Crippen LogP contribution in [0.25, 0.3) is 0 Å². The fourth-order valence-electron chi connectivity index (χ4n) is 3.94. The van der Waals surface area contributed by atoms with Crippen LogP contribution >= 0.6 is 0 Å². The van der Waals surface area contributed by atoms with Crippen LogP contribution in [0, 0.1) is 0 Å². The molecule has 4 rings (SSSR count). The van der Waals surface area contributed by atoms with Gasteiger partial charge in [0.2, 0.25) is 0 Å². The van der Waals surface area contributed by atoms with Crippen LogP contribution in [0.5, 0.6) is 0 Å². The molecule has 0 aliphatic carbocycles. The molecular formula is C23H26BF3N2O3. The first-order valence-electron chi connectivity index (χ1n) is 10.6. The monoisotopic (exact) mass is 446 g/mol. The summed E-state index contributed by atoms with van der Waals surface area (Å²) in [6.45, 7) is 8.47. The molecule has 170 valence electrons. The molecule has 0 atom stereocenters. The van der Waals surface area contributed by atoms with Gasteiger partial charge in [-0.2, -0.15) is 13.2 Å². The smallest absolute Gasteiger partial charge is 0.399 e. The van der Waals surface area contributed by atoms with E-state index >= 15 is 0 Å². The van der Waals surface area contributed by atoms with Crippen molar-refractivity contribution in [1.82, 2.24) is 0 Å². The molecule has 0 radical (unpaired) electrons. The molecule has 9 heteroatoms. The summed E-state index contributed by atoms with van der Waals surface area (Å²) in [7, 11) is -0.482. The lowest BCUT2D eigenvalue weighted by atomic mass is 9.78. The van der Waals surface area contributed by atoms with Crippen molar-refractivity contribution < 1.29 is 27.3 Å². The zero-order valence-corrected chi connectivity index (χ0v) is 18.5. The van der Waals surface area contributed by atoms with Gasteiger partial charge in [-0.1, -0.05) is 24.3 Å². The molecule has 1 fully saturated rings. The Bertz CT molecular complexity index is 1020. The number of alkyl halides is 3. The molecule has 2 aromatic rings. The molecule has 32 heavy (non-hydrogen) atoms. The summed E-state index contributed by atoms with van der Waals surface area (Å²) in [5.74, 6) is 0. The van der Waals surface area contributed by atoms with Crippen LogP contribution < -0.4 is 15.7 Å². The van der Waals surface area contributed by atoms with Gasteiger partial charge in [-0.3, -0.25) is 4.90 Å². The number of carbonyl (C=O) groups excluding carboxylic acids is 1. The van der Waals surface area contributed by atoms with Crippen molar-refractivity contribution in [2.75, 3.05) is 16.8 Å². The lowest BCUT2D eigenvalue weighted by molar-refractivity contribution is -0.127. The minimum absolute atomic E-state index is 0.101. The predicted octanol–water partition coefficient (Wildman–Crippen LogP) is 4.69.